The molecule has 0 spiro atoms. The summed E-state index contributed by atoms with van der Waals surface area (Å²) in [6.45, 7) is 7.77. The van der Waals surface area contributed by atoms with Gasteiger partial charge >= 0.3 is 0 Å². The van der Waals surface area contributed by atoms with Gasteiger partial charge in [-0.25, -0.2) is 0 Å². The Morgan fingerprint density at radius 3 is 2.73 bits per heavy atom. The van der Waals surface area contributed by atoms with Crippen molar-refractivity contribution in [2.45, 2.75) is 52.6 Å². The van der Waals surface area contributed by atoms with Crippen molar-refractivity contribution >= 4 is 11.3 Å². The molecule has 2 rings (SSSR count). The van der Waals surface area contributed by atoms with E-state index in [1.807, 2.05) is 11.3 Å². The molecule has 84 valence electrons. The first-order chi connectivity index (χ1) is 7.15. The monoisotopic (exact) mass is 223 g/mol. The maximum absolute atomic E-state index is 3.63. The minimum atomic E-state index is 0.678. The minimum absolute atomic E-state index is 0.678. The summed E-state index contributed by atoms with van der Waals surface area (Å²) in [5, 5.41) is 3.63. The maximum atomic E-state index is 3.63. The zero-order valence-electron chi connectivity index (χ0n) is 9.97. The van der Waals surface area contributed by atoms with Gasteiger partial charge in [0.1, 0.15) is 0 Å². The second-order valence-electron chi connectivity index (χ2n) is 4.90. The van der Waals surface area contributed by atoms with Gasteiger partial charge in [0, 0.05) is 22.3 Å². The van der Waals surface area contributed by atoms with E-state index >= 15 is 0 Å². The highest BCUT2D eigenvalue weighted by Gasteiger charge is 2.23. The average Bonchev–Trinajstić information content (AvgIpc) is 2.89. The number of hydrogen-bond donors (Lipinski definition) is 1. The van der Waals surface area contributed by atoms with E-state index < -0.39 is 0 Å². The van der Waals surface area contributed by atoms with Gasteiger partial charge < -0.3 is 5.32 Å². The summed E-state index contributed by atoms with van der Waals surface area (Å²) >= 11 is 1.91. The molecule has 0 bridgehead atoms. The van der Waals surface area contributed by atoms with Crippen molar-refractivity contribution in [2.24, 2.45) is 5.92 Å². The summed E-state index contributed by atoms with van der Waals surface area (Å²) in [6, 6.07) is 2.99. The fourth-order valence-electron chi connectivity index (χ4n) is 2.08. The zero-order valence-corrected chi connectivity index (χ0v) is 10.8. The molecule has 0 radical (unpaired) electrons. The van der Waals surface area contributed by atoms with Crippen LogP contribution in [0.25, 0.3) is 0 Å². The van der Waals surface area contributed by atoms with E-state index in [0.29, 0.717) is 6.04 Å². The topological polar surface area (TPSA) is 12.0 Å². The SMILES string of the molecule is Cc1cc(CNC(C)CC2CC2)c(C)s1. The van der Waals surface area contributed by atoms with Crippen molar-refractivity contribution in [1.82, 2.24) is 5.32 Å². The summed E-state index contributed by atoms with van der Waals surface area (Å²) in [5.41, 5.74) is 1.49. The predicted octanol–water partition coefficient (Wildman–Crippen LogP) is 3.64. The second kappa shape index (κ2) is 4.67. The zero-order chi connectivity index (χ0) is 10.8. The van der Waals surface area contributed by atoms with Crippen LogP contribution in [0, 0.1) is 19.8 Å². The molecular weight excluding hydrogens is 202 g/mol. The van der Waals surface area contributed by atoms with Crippen LogP contribution in [0.1, 0.15) is 41.5 Å². The van der Waals surface area contributed by atoms with Crippen LogP contribution in [0.3, 0.4) is 0 Å². The summed E-state index contributed by atoms with van der Waals surface area (Å²) in [5.74, 6) is 1.03. The molecule has 1 aromatic rings. The molecule has 0 aromatic carbocycles. The minimum Gasteiger partial charge on any atom is -0.310 e. The fourth-order valence-corrected chi connectivity index (χ4v) is 3.03. The lowest BCUT2D eigenvalue weighted by atomic mass is 10.1. The van der Waals surface area contributed by atoms with Crippen LogP contribution in [0.15, 0.2) is 6.07 Å². The molecule has 0 aliphatic heterocycles. The lowest BCUT2D eigenvalue weighted by molar-refractivity contribution is 0.487. The van der Waals surface area contributed by atoms with Gasteiger partial charge in [0.25, 0.3) is 0 Å². The number of aryl methyl sites for hydroxylation is 2. The van der Waals surface area contributed by atoms with E-state index in [1.165, 1.54) is 34.6 Å². The van der Waals surface area contributed by atoms with Gasteiger partial charge in [0.05, 0.1) is 0 Å². The lowest BCUT2D eigenvalue weighted by Gasteiger charge is -2.12. The van der Waals surface area contributed by atoms with E-state index in [1.54, 1.807) is 0 Å². The Morgan fingerprint density at radius 2 is 2.20 bits per heavy atom. The van der Waals surface area contributed by atoms with Crippen molar-refractivity contribution in [3.63, 3.8) is 0 Å². The van der Waals surface area contributed by atoms with Crippen LogP contribution in [0.2, 0.25) is 0 Å². The molecule has 1 fully saturated rings. The van der Waals surface area contributed by atoms with E-state index in [0.717, 1.165) is 12.5 Å². The Bertz CT molecular complexity index is 325. The number of thiophene rings is 1. The van der Waals surface area contributed by atoms with Crippen LogP contribution in [0.5, 0.6) is 0 Å². The summed E-state index contributed by atoms with van der Waals surface area (Å²) in [6.07, 6.45) is 4.29. The van der Waals surface area contributed by atoms with Crippen LogP contribution in [-0.2, 0) is 6.54 Å². The van der Waals surface area contributed by atoms with Gasteiger partial charge in [-0.05, 0) is 44.7 Å². The summed E-state index contributed by atoms with van der Waals surface area (Å²) in [7, 11) is 0. The maximum Gasteiger partial charge on any atom is 0.0218 e. The molecule has 1 heterocycles. The highest BCUT2D eigenvalue weighted by Crippen LogP contribution is 2.33. The highest BCUT2D eigenvalue weighted by atomic mass is 32.1. The molecule has 1 N–H and O–H groups in total. The quantitative estimate of drug-likeness (QED) is 0.803. The Labute approximate surface area is 96.9 Å². The van der Waals surface area contributed by atoms with Crippen molar-refractivity contribution in [2.75, 3.05) is 0 Å². The molecular formula is C13H21NS. The van der Waals surface area contributed by atoms with Crippen LogP contribution in [-0.4, -0.2) is 6.04 Å². The third-order valence-electron chi connectivity index (χ3n) is 3.17. The van der Waals surface area contributed by atoms with Crippen molar-refractivity contribution in [1.29, 1.82) is 0 Å². The van der Waals surface area contributed by atoms with E-state index in [4.69, 9.17) is 0 Å². The van der Waals surface area contributed by atoms with Gasteiger partial charge in [-0.1, -0.05) is 12.8 Å². The first-order valence-corrected chi connectivity index (χ1v) is 6.76. The van der Waals surface area contributed by atoms with Gasteiger partial charge in [-0.2, -0.15) is 0 Å². The van der Waals surface area contributed by atoms with Gasteiger partial charge in [-0.3, -0.25) is 0 Å². The Kier molecular flexibility index (Phi) is 3.47. The first kappa shape index (κ1) is 11.2. The van der Waals surface area contributed by atoms with E-state index in [-0.39, 0.29) is 0 Å². The van der Waals surface area contributed by atoms with Gasteiger partial charge in [-0.15, -0.1) is 11.3 Å². The van der Waals surface area contributed by atoms with Crippen molar-refractivity contribution < 1.29 is 0 Å². The molecule has 1 atom stereocenters. The Hall–Kier alpha value is -0.340. The molecule has 1 saturated carbocycles. The third kappa shape index (κ3) is 3.32. The standard InChI is InChI=1S/C13H21NS/c1-9(6-12-4-5-12)14-8-13-7-10(2)15-11(13)3/h7,9,12,14H,4-6,8H2,1-3H3. The predicted molar refractivity (Wildman–Crippen MR) is 67.4 cm³/mol. The average molecular weight is 223 g/mol. The van der Waals surface area contributed by atoms with E-state index in [9.17, 15) is 0 Å². The Balaban J connectivity index is 1.78. The molecule has 1 aliphatic rings. The molecule has 2 heteroatoms. The summed E-state index contributed by atoms with van der Waals surface area (Å²) < 4.78 is 0. The lowest BCUT2D eigenvalue weighted by Crippen LogP contribution is -2.25. The largest absolute Gasteiger partial charge is 0.310 e. The van der Waals surface area contributed by atoms with Crippen molar-refractivity contribution in [3.05, 3.63) is 21.4 Å². The molecule has 1 unspecified atom stereocenters. The van der Waals surface area contributed by atoms with Crippen LogP contribution >= 0.6 is 11.3 Å². The number of hydrogen-bond acceptors (Lipinski definition) is 2. The van der Waals surface area contributed by atoms with Crippen molar-refractivity contribution in [3.8, 4) is 0 Å². The first-order valence-electron chi connectivity index (χ1n) is 5.94. The molecule has 1 aromatic heterocycles. The Morgan fingerprint density at radius 1 is 1.47 bits per heavy atom. The van der Waals surface area contributed by atoms with Crippen LogP contribution < -0.4 is 5.32 Å². The molecule has 0 saturated heterocycles. The molecule has 15 heavy (non-hydrogen) atoms. The van der Waals surface area contributed by atoms with Gasteiger partial charge in [0.2, 0.25) is 0 Å². The number of nitrogens with one attached hydrogen (secondary N) is 1. The molecule has 1 nitrogen and oxygen atoms in total. The smallest absolute Gasteiger partial charge is 0.0218 e. The van der Waals surface area contributed by atoms with Crippen LogP contribution in [0.4, 0.5) is 0 Å². The summed E-state index contributed by atoms with van der Waals surface area (Å²) in [4.78, 5) is 2.90. The number of rotatable bonds is 5. The van der Waals surface area contributed by atoms with Gasteiger partial charge in [0.15, 0.2) is 0 Å². The second-order valence-corrected chi connectivity index (χ2v) is 6.36. The fraction of sp³-hybridized carbons (Fsp3) is 0.692. The molecule has 0 amide bonds. The normalized spacial score (nSPS) is 18.1. The highest BCUT2D eigenvalue weighted by molar-refractivity contribution is 7.12. The molecule has 1 aliphatic carbocycles. The van der Waals surface area contributed by atoms with E-state index in [2.05, 4.69) is 32.2 Å². The third-order valence-corrected chi connectivity index (χ3v) is 4.18.